The first-order valence-corrected chi connectivity index (χ1v) is 5.49. The van der Waals surface area contributed by atoms with E-state index < -0.39 is 0 Å². The van der Waals surface area contributed by atoms with Gasteiger partial charge in [-0.25, -0.2) is 0 Å². The highest BCUT2D eigenvalue weighted by atomic mass is 16.5. The molecular formula is C11H14N4O. The van der Waals surface area contributed by atoms with Gasteiger partial charge in [-0.05, 0) is 30.4 Å². The van der Waals surface area contributed by atoms with Crippen molar-refractivity contribution in [3.63, 3.8) is 0 Å². The van der Waals surface area contributed by atoms with E-state index in [1.54, 1.807) is 0 Å². The third-order valence-electron chi connectivity index (χ3n) is 3.02. The van der Waals surface area contributed by atoms with Gasteiger partial charge in [0.05, 0.1) is 6.54 Å². The second-order valence-corrected chi connectivity index (χ2v) is 4.33. The zero-order chi connectivity index (χ0) is 11.0. The first-order valence-electron chi connectivity index (χ1n) is 5.49. The molecule has 0 amide bonds. The van der Waals surface area contributed by atoms with Gasteiger partial charge in [0.2, 0.25) is 6.39 Å². The minimum atomic E-state index is 0.187. The molecule has 1 aliphatic rings. The highest BCUT2D eigenvalue weighted by Gasteiger charge is 2.29. The largest absolute Gasteiger partial charge is 0.346 e. The fraction of sp³-hybridized carbons (Fsp3) is 0.455. The van der Waals surface area contributed by atoms with Gasteiger partial charge < -0.3 is 14.8 Å². The summed E-state index contributed by atoms with van der Waals surface area (Å²) >= 11 is 0. The quantitative estimate of drug-likeness (QED) is 0.840. The molecule has 2 N–H and O–H groups in total. The zero-order valence-corrected chi connectivity index (χ0v) is 8.91. The molecule has 2 aromatic heterocycles. The molecule has 0 spiro atoms. The number of aromatic nitrogens is 3. The van der Waals surface area contributed by atoms with Crippen LogP contribution in [-0.4, -0.2) is 14.7 Å². The minimum absolute atomic E-state index is 0.187. The molecule has 2 aromatic rings. The predicted octanol–water partition coefficient (Wildman–Crippen LogP) is 1.33. The van der Waals surface area contributed by atoms with Crippen molar-refractivity contribution in [1.82, 2.24) is 14.7 Å². The lowest BCUT2D eigenvalue weighted by atomic mass is 10.1. The topological polar surface area (TPSA) is 69.9 Å². The molecule has 2 heterocycles. The highest BCUT2D eigenvalue weighted by Crippen LogP contribution is 2.39. The first-order chi connectivity index (χ1) is 7.83. The van der Waals surface area contributed by atoms with Crippen LogP contribution in [0.5, 0.6) is 0 Å². The van der Waals surface area contributed by atoms with E-state index >= 15 is 0 Å². The van der Waals surface area contributed by atoms with Gasteiger partial charge in [-0.15, -0.1) is 0 Å². The van der Waals surface area contributed by atoms with Crippen LogP contribution in [0.15, 0.2) is 29.4 Å². The maximum atomic E-state index is 6.12. The molecule has 0 aliphatic heterocycles. The first kappa shape index (κ1) is 9.59. The Balaban J connectivity index is 1.72. The van der Waals surface area contributed by atoms with E-state index in [1.165, 1.54) is 24.8 Å². The van der Waals surface area contributed by atoms with Crippen molar-refractivity contribution in [3.05, 3.63) is 36.2 Å². The van der Waals surface area contributed by atoms with Gasteiger partial charge in [0.1, 0.15) is 0 Å². The van der Waals surface area contributed by atoms with Gasteiger partial charge in [0, 0.05) is 18.4 Å². The molecule has 1 atom stereocenters. The fourth-order valence-corrected chi connectivity index (χ4v) is 1.91. The van der Waals surface area contributed by atoms with Crippen molar-refractivity contribution in [2.24, 2.45) is 11.7 Å². The Labute approximate surface area is 93.3 Å². The van der Waals surface area contributed by atoms with Crippen LogP contribution in [-0.2, 0) is 6.54 Å². The van der Waals surface area contributed by atoms with E-state index in [-0.39, 0.29) is 6.04 Å². The Morgan fingerprint density at radius 3 is 3.12 bits per heavy atom. The van der Waals surface area contributed by atoms with Crippen molar-refractivity contribution in [1.29, 1.82) is 0 Å². The van der Waals surface area contributed by atoms with Crippen LogP contribution >= 0.6 is 0 Å². The van der Waals surface area contributed by atoms with E-state index in [2.05, 4.69) is 22.4 Å². The van der Waals surface area contributed by atoms with Gasteiger partial charge in [-0.3, -0.25) is 0 Å². The smallest absolute Gasteiger partial charge is 0.213 e. The van der Waals surface area contributed by atoms with E-state index in [0.717, 1.165) is 0 Å². The van der Waals surface area contributed by atoms with Gasteiger partial charge in [-0.2, -0.15) is 4.98 Å². The van der Waals surface area contributed by atoms with Crippen molar-refractivity contribution in [3.8, 4) is 0 Å². The van der Waals surface area contributed by atoms with Gasteiger partial charge in [-0.1, -0.05) is 5.16 Å². The van der Waals surface area contributed by atoms with Crippen LogP contribution in [0.3, 0.4) is 0 Å². The van der Waals surface area contributed by atoms with E-state index in [0.29, 0.717) is 18.3 Å². The van der Waals surface area contributed by atoms with Gasteiger partial charge in [0.15, 0.2) is 5.82 Å². The normalized spacial score (nSPS) is 17.6. The SMILES string of the molecule is NC(c1ccn(Cc2ncon2)c1)C1CC1. The highest BCUT2D eigenvalue weighted by molar-refractivity contribution is 5.18. The second-order valence-electron chi connectivity index (χ2n) is 4.33. The van der Waals surface area contributed by atoms with Crippen LogP contribution < -0.4 is 5.73 Å². The third-order valence-corrected chi connectivity index (χ3v) is 3.02. The molecule has 0 aromatic carbocycles. The number of hydrogen-bond donors (Lipinski definition) is 1. The van der Waals surface area contributed by atoms with Crippen LogP contribution in [0.4, 0.5) is 0 Å². The minimum Gasteiger partial charge on any atom is -0.346 e. The van der Waals surface area contributed by atoms with E-state index in [4.69, 9.17) is 10.3 Å². The average Bonchev–Trinajstić information content (AvgIpc) is 2.82. The Hall–Kier alpha value is -1.62. The predicted molar refractivity (Wildman–Crippen MR) is 57.5 cm³/mol. The Morgan fingerprint density at radius 2 is 2.44 bits per heavy atom. The summed E-state index contributed by atoms with van der Waals surface area (Å²) in [5.74, 6) is 1.36. The number of nitrogens with two attached hydrogens (primary N) is 1. The lowest BCUT2D eigenvalue weighted by molar-refractivity contribution is 0.408. The lowest BCUT2D eigenvalue weighted by Crippen LogP contribution is -2.11. The fourth-order valence-electron chi connectivity index (χ4n) is 1.91. The summed E-state index contributed by atoms with van der Waals surface area (Å²) in [5, 5.41) is 3.77. The molecule has 0 bridgehead atoms. The average molecular weight is 218 g/mol. The molecule has 84 valence electrons. The summed E-state index contributed by atoms with van der Waals surface area (Å²) < 4.78 is 6.72. The van der Waals surface area contributed by atoms with Crippen LogP contribution in [0, 0.1) is 5.92 Å². The lowest BCUT2D eigenvalue weighted by Gasteiger charge is -2.06. The number of hydrogen-bond acceptors (Lipinski definition) is 4. The van der Waals surface area contributed by atoms with Crippen LogP contribution in [0.1, 0.15) is 30.3 Å². The number of rotatable bonds is 4. The molecule has 1 fully saturated rings. The van der Waals surface area contributed by atoms with E-state index in [9.17, 15) is 0 Å². The molecule has 5 heteroatoms. The summed E-state index contributed by atoms with van der Waals surface area (Å²) in [4.78, 5) is 3.98. The molecule has 1 unspecified atom stereocenters. The monoisotopic (exact) mass is 218 g/mol. The molecule has 16 heavy (non-hydrogen) atoms. The van der Waals surface area contributed by atoms with Crippen molar-refractivity contribution >= 4 is 0 Å². The Kier molecular flexibility index (Phi) is 2.25. The van der Waals surface area contributed by atoms with Crippen LogP contribution in [0.2, 0.25) is 0 Å². The van der Waals surface area contributed by atoms with Crippen LogP contribution in [0.25, 0.3) is 0 Å². The van der Waals surface area contributed by atoms with Crippen molar-refractivity contribution in [2.75, 3.05) is 0 Å². The summed E-state index contributed by atoms with van der Waals surface area (Å²) in [6, 6.07) is 2.26. The number of nitrogens with zero attached hydrogens (tertiary/aromatic N) is 3. The van der Waals surface area contributed by atoms with Gasteiger partial charge >= 0.3 is 0 Å². The molecule has 1 saturated carbocycles. The van der Waals surface area contributed by atoms with Crippen molar-refractivity contribution in [2.45, 2.75) is 25.4 Å². The maximum Gasteiger partial charge on any atom is 0.213 e. The molecular weight excluding hydrogens is 204 g/mol. The zero-order valence-electron chi connectivity index (χ0n) is 8.91. The van der Waals surface area contributed by atoms with Gasteiger partial charge in [0.25, 0.3) is 0 Å². The standard InChI is InChI=1S/C11H14N4O/c12-11(8-1-2-8)9-3-4-15(5-9)6-10-13-7-16-14-10/h3-5,7-8,11H,1-2,6,12H2. The summed E-state index contributed by atoms with van der Waals surface area (Å²) in [5.41, 5.74) is 7.32. The summed E-state index contributed by atoms with van der Waals surface area (Å²) in [7, 11) is 0. The summed E-state index contributed by atoms with van der Waals surface area (Å²) in [6.07, 6.45) is 7.94. The molecule has 1 aliphatic carbocycles. The molecule has 3 rings (SSSR count). The summed E-state index contributed by atoms with van der Waals surface area (Å²) in [6.45, 7) is 0.633. The third kappa shape index (κ3) is 1.86. The maximum absolute atomic E-state index is 6.12. The Bertz CT molecular complexity index is 458. The van der Waals surface area contributed by atoms with E-state index in [1.807, 2.05) is 10.8 Å². The molecule has 0 radical (unpaired) electrons. The molecule has 0 saturated heterocycles. The second kappa shape index (κ2) is 3.75. The molecule has 5 nitrogen and oxygen atoms in total. The Morgan fingerprint density at radius 1 is 1.56 bits per heavy atom. The van der Waals surface area contributed by atoms with Crippen molar-refractivity contribution < 1.29 is 4.52 Å².